The highest BCUT2D eigenvalue weighted by Gasteiger charge is 2.28. The number of amides is 1. The Morgan fingerprint density at radius 3 is 2.80 bits per heavy atom. The fourth-order valence-corrected chi connectivity index (χ4v) is 4.52. The topological polar surface area (TPSA) is 110 Å². The summed E-state index contributed by atoms with van der Waals surface area (Å²) >= 11 is 0. The van der Waals surface area contributed by atoms with Crippen molar-refractivity contribution in [3.8, 4) is 28.8 Å². The molecule has 0 bridgehead atoms. The van der Waals surface area contributed by atoms with Gasteiger partial charge in [-0.25, -0.2) is 9.37 Å². The number of anilines is 1. The molecule has 0 unspecified atom stereocenters. The summed E-state index contributed by atoms with van der Waals surface area (Å²) in [6.45, 7) is 1.02. The zero-order valence-corrected chi connectivity index (χ0v) is 18.9. The number of pyridine rings is 1. The number of nitriles is 1. The number of fused-ring (bicyclic) bond motifs is 1. The van der Waals surface area contributed by atoms with Crippen LogP contribution in [0.1, 0.15) is 25.3 Å². The minimum Gasteiger partial charge on any atom is -0.457 e. The lowest BCUT2D eigenvalue weighted by Gasteiger charge is -2.32. The second-order valence-corrected chi connectivity index (χ2v) is 8.41. The molecule has 2 aromatic heterocycles. The third kappa shape index (κ3) is 4.38. The van der Waals surface area contributed by atoms with Crippen LogP contribution in [0.2, 0.25) is 0 Å². The van der Waals surface area contributed by atoms with Gasteiger partial charge in [0.25, 0.3) is 0 Å². The van der Waals surface area contributed by atoms with Crippen molar-refractivity contribution in [3.05, 3.63) is 66.6 Å². The van der Waals surface area contributed by atoms with E-state index < -0.39 is 5.82 Å². The molecular weight excluding hydrogens is 447 g/mol. The summed E-state index contributed by atoms with van der Waals surface area (Å²) in [4.78, 5) is 18.2. The number of para-hydroxylation sites is 1. The molecule has 3 heterocycles. The Bertz CT molecular complexity index is 1430. The minimum atomic E-state index is -0.497. The Kier molecular flexibility index (Phi) is 6.02. The molecule has 1 atom stereocenters. The maximum Gasteiger partial charge on any atom is 0.236 e. The summed E-state index contributed by atoms with van der Waals surface area (Å²) < 4.78 is 22.9. The number of nitrogen functional groups attached to an aromatic ring is 1. The lowest BCUT2D eigenvalue weighted by atomic mass is 10.0. The molecule has 5 rings (SSSR count). The summed E-state index contributed by atoms with van der Waals surface area (Å²) in [7, 11) is 0. The Labute approximate surface area is 201 Å². The van der Waals surface area contributed by atoms with Crippen LogP contribution < -0.4 is 10.5 Å². The first-order chi connectivity index (χ1) is 17.0. The number of benzene rings is 2. The molecule has 1 amide bonds. The van der Waals surface area contributed by atoms with Crippen molar-refractivity contribution in [2.75, 3.05) is 18.8 Å². The van der Waals surface area contributed by atoms with Crippen molar-refractivity contribution in [1.82, 2.24) is 19.7 Å². The predicted octanol–water partition coefficient (Wildman–Crippen LogP) is 4.69. The Balaban J connectivity index is 1.52. The average molecular weight is 471 g/mol. The van der Waals surface area contributed by atoms with Gasteiger partial charge in [-0.05, 0) is 43.2 Å². The van der Waals surface area contributed by atoms with Gasteiger partial charge in [0, 0.05) is 30.9 Å². The van der Waals surface area contributed by atoms with Crippen LogP contribution in [0.25, 0.3) is 22.2 Å². The number of carbonyl (C=O) groups is 1. The maximum absolute atomic E-state index is 15.3. The van der Waals surface area contributed by atoms with Crippen LogP contribution in [0.5, 0.6) is 11.5 Å². The van der Waals surface area contributed by atoms with Gasteiger partial charge in [-0.1, -0.05) is 18.2 Å². The number of carbonyl (C=O) groups excluding carboxylic acids is 1. The fraction of sp³-hybridized carbons (Fsp3) is 0.231. The number of hydrogen-bond donors (Lipinski definition) is 1. The second kappa shape index (κ2) is 9.43. The molecule has 1 saturated heterocycles. The van der Waals surface area contributed by atoms with E-state index in [1.54, 1.807) is 41.4 Å². The summed E-state index contributed by atoms with van der Waals surface area (Å²) in [6, 6.07) is 17.4. The number of likely N-dealkylation sites (tertiary alicyclic amines) is 1. The van der Waals surface area contributed by atoms with Crippen LogP contribution in [-0.4, -0.2) is 38.7 Å². The van der Waals surface area contributed by atoms with Crippen molar-refractivity contribution in [2.45, 2.75) is 25.3 Å². The van der Waals surface area contributed by atoms with Crippen LogP contribution in [0.15, 0.2) is 60.8 Å². The smallest absolute Gasteiger partial charge is 0.236 e. The van der Waals surface area contributed by atoms with Crippen molar-refractivity contribution in [3.63, 3.8) is 0 Å². The zero-order chi connectivity index (χ0) is 24.4. The SMILES string of the molecule is N#CCC(=O)N1CCC[C@@H](n2nc(-c3ccc(Oc4ccccc4)cc3F)c3c(N)nccc32)C1. The van der Waals surface area contributed by atoms with E-state index in [1.165, 1.54) is 6.07 Å². The Morgan fingerprint density at radius 2 is 2.03 bits per heavy atom. The molecule has 35 heavy (non-hydrogen) atoms. The molecule has 1 aliphatic heterocycles. The summed E-state index contributed by atoms with van der Waals surface area (Å²) in [5, 5.41) is 14.2. The van der Waals surface area contributed by atoms with Gasteiger partial charge in [0.2, 0.25) is 5.91 Å². The quantitative estimate of drug-likeness (QED) is 0.453. The van der Waals surface area contributed by atoms with E-state index in [1.807, 2.05) is 29.0 Å². The van der Waals surface area contributed by atoms with Gasteiger partial charge < -0.3 is 15.4 Å². The number of halogens is 1. The lowest BCUT2D eigenvalue weighted by molar-refractivity contribution is -0.131. The standard InChI is InChI=1S/C26H23FN6O2/c27-21-15-19(35-18-6-2-1-3-7-18)8-9-20(21)25-24-22(11-13-30-26(24)29)33(31-25)17-5-4-14-32(16-17)23(34)10-12-28/h1-3,6-9,11,13,15,17H,4-5,10,14,16H2,(H2,29,30)/t17-/m1/s1. The largest absolute Gasteiger partial charge is 0.457 e. The van der Waals surface area contributed by atoms with Crippen LogP contribution in [-0.2, 0) is 4.79 Å². The molecule has 9 heteroatoms. The molecule has 2 aromatic carbocycles. The Hall–Kier alpha value is -4.45. The molecule has 0 spiro atoms. The highest BCUT2D eigenvalue weighted by molar-refractivity contribution is 6.00. The van der Waals surface area contributed by atoms with Crippen molar-refractivity contribution in [1.29, 1.82) is 5.26 Å². The number of nitrogens with zero attached hydrogens (tertiary/aromatic N) is 5. The zero-order valence-electron chi connectivity index (χ0n) is 18.9. The van der Waals surface area contributed by atoms with E-state index in [9.17, 15) is 4.79 Å². The van der Waals surface area contributed by atoms with Crippen LogP contribution in [0, 0.1) is 17.1 Å². The van der Waals surface area contributed by atoms with E-state index in [-0.39, 0.29) is 29.8 Å². The van der Waals surface area contributed by atoms with E-state index in [2.05, 4.69) is 4.98 Å². The number of ether oxygens (including phenoxy) is 1. The molecule has 1 fully saturated rings. The van der Waals surface area contributed by atoms with Crippen molar-refractivity contribution < 1.29 is 13.9 Å². The summed E-state index contributed by atoms with van der Waals surface area (Å²) in [5.41, 5.74) is 7.60. The van der Waals surface area contributed by atoms with Gasteiger partial charge in [0.05, 0.1) is 23.0 Å². The van der Waals surface area contributed by atoms with Gasteiger partial charge in [-0.15, -0.1) is 0 Å². The number of hydrogen-bond acceptors (Lipinski definition) is 6. The Morgan fingerprint density at radius 1 is 1.20 bits per heavy atom. The molecule has 0 radical (unpaired) electrons. The number of nitrogens with two attached hydrogens (primary N) is 1. The van der Waals surface area contributed by atoms with Gasteiger partial charge in [0.1, 0.15) is 35.2 Å². The highest BCUT2D eigenvalue weighted by atomic mass is 19.1. The predicted molar refractivity (Wildman–Crippen MR) is 129 cm³/mol. The minimum absolute atomic E-state index is 0.131. The maximum atomic E-state index is 15.3. The fourth-order valence-electron chi connectivity index (χ4n) is 4.52. The van der Waals surface area contributed by atoms with Gasteiger partial charge in [-0.2, -0.15) is 10.4 Å². The molecule has 0 aliphatic carbocycles. The van der Waals surface area contributed by atoms with E-state index >= 15 is 4.39 Å². The van der Waals surface area contributed by atoms with Gasteiger partial charge in [-0.3, -0.25) is 9.48 Å². The highest BCUT2D eigenvalue weighted by Crippen LogP contribution is 2.37. The molecule has 4 aromatic rings. The third-order valence-corrected chi connectivity index (χ3v) is 6.15. The summed E-state index contributed by atoms with van der Waals surface area (Å²) in [6.07, 6.45) is 3.01. The van der Waals surface area contributed by atoms with Gasteiger partial charge in [0.15, 0.2) is 0 Å². The molecule has 8 nitrogen and oxygen atoms in total. The first kappa shape index (κ1) is 22.3. The molecule has 176 valence electrons. The van der Waals surface area contributed by atoms with Gasteiger partial charge >= 0.3 is 0 Å². The monoisotopic (exact) mass is 470 g/mol. The molecular formula is C26H23FN6O2. The molecule has 1 aliphatic rings. The summed E-state index contributed by atoms with van der Waals surface area (Å²) in [5.74, 6) is 0.528. The van der Waals surface area contributed by atoms with Crippen LogP contribution in [0.3, 0.4) is 0 Å². The normalized spacial score (nSPS) is 15.7. The van der Waals surface area contributed by atoms with Crippen LogP contribution in [0.4, 0.5) is 10.2 Å². The number of rotatable bonds is 5. The van der Waals surface area contributed by atoms with E-state index in [4.69, 9.17) is 20.8 Å². The average Bonchev–Trinajstić information content (AvgIpc) is 3.26. The number of piperidine rings is 1. The third-order valence-electron chi connectivity index (χ3n) is 6.15. The lowest BCUT2D eigenvalue weighted by Crippen LogP contribution is -2.40. The van der Waals surface area contributed by atoms with Crippen molar-refractivity contribution in [2.24, 2.45) is 0 Å². The first-order valence-corrected chi connectivity index (χ1v) is 11.4. The molecule has 2 N–H and O–H groups in total. The number of aromatic nitrogens is 3. The molecule has 0 saturated carbocycles. The second-order valence-electron chi connectivity index (χ2n) is 8.41. The van der Waals surface area contributed by atoms with Crippen LogP contribution >= 0.6 is 0 Å². The van der Waals surface area contributed by atoms with E-state index in [0.717, 1.165) is 18.4 Å². The van der Waals surface area contributed by atoms with Crippen molar-refractivity contribution >= 4 is 22.6 Å². The first-order valence-electron chi connectivity index (χ1n) is 11.4. The van der Waals surface area contributed by atoms with E-state index in [0.29, 0.717) is 35.7 Å².